The Kier molecular flexibility index (Phi) is 11.0. The van der Waals surface area contributed by atoms with Crippen LogP contribution in [0.4, 0.5) is 48.3 Å². The van der Waals surface area contributed by atoms with Crippen molar-refractivity contribution in [2.75, 3.05) is 6.61 Å². The summed E-state index contributed by atoms with van der Waals surface area (Å²) in [7, 11) is 1.32. The number of amides is 2. The predicted molar refractivity (Wildman–Crippen MR) is 147 cm³/mol. The normalized spacial score (nSPS) is 18.1. The van der Waals surface area contributed by atoms with E-state index in [1.165, 1.54) is 11.6 Å². The Morgan fingerprint density at radius 2 is 1.65 bits per heavy atom. The highest BCUT2D eigenvalue weighted by Crippen LogP contribution is 2.38. The first-order valence-electron chi connectivity index (χ1n) is 14.5. The van der Waals surface area contributed by atoms with E-state index in [0.717, 1.165) is 18.2 Å². The van der Waals surface area contributed by atoms with E-state index < -0.39 is 97.0 Å². The SMILES string of the molecule is Cn1c(Cc2cc(CNC(=O)C(O)C(F)(F)F)ccc2C(F)(F)F)nc2cc(C(=O)NC3CCC(C(F)(F)F)CC3)c(OCC(F)F)nc21. The summed E-state index contributed by atoms with van der Waals surface area (Å²) in [6, 6.07) is 2.92. The maximum Gasteiger partial charge on any atom is 0.423 e. The van der Waals surface area contributed by atoms with Crippen molar-refractivity contribution < 1.29 is 67.7 Å². The molecule has 1 aromatic carbocycles. The van der Waals surface area contributed by atoms with Crippen molar-refractivity contribution in [3.63, 3.8) is 0 Å². The van der Waals surface area contributed by atoms with Gasteiger partial charge in [-0.25, -0.2) is 13.8 Å². The van der Waals surface area contributed by atoms with Gasteiger partial charge in [0.1, 0.15) is 16.9 Å². The van der Waals surface area contributed by atoms with Crippen LogP contribution in [0.25, 0.3) is 11.2 Å². The standard InChI is InChI=1S/C29H28F11N5O4/c1-45-21(9-14-8-13(2-7-18(14)28(35,36)37)11-41-25(48)22(46)29(38,39)40)43-19-10-17(26(44-23(19)45)49-12-20(30)31)24(47)42-16-5-3-15(4-6-16)27(32,33)34/h2,7-8,10,15-16,20,22,46H,3-6,9,11-12H2,1H3,(H,41,48)(H,42,47). The number of pyridine rings is 1. The minimum Gasteiger partial charge on any atom is -0.471 e. The summed E-state index contributed by atoms with van der Waals surface area (Å²) in [5, 5.41) is 13.4. The molecular weight excluding hydrogens is 691 g/mol. The maximum absolute atomic E-state index is 13.9. The molecule has 0 saturated heterocycles. The van der Waals surface area contributed by atoms with E-state index in [4.69, 9.17) is 9.84 Å². The molecule has 1 unspecified atom stereocenters. The van der Waals surface area contributed by atoms with Gasteiger partial charge in [0.15, 0.2) is 12.3 Å². The zero-order chi connectivity index (χ0) is 36.5. The average molecular weight is 720 g/mol. The van der Waals surface area contributed by atoms with Gasteiger partial charge >= 0.3 is 18.5 Å². The summed E-state index contributed by atoms with van der Waals surface area (Å²) in [5.74, 6) is -4.95. The van der Waals surface area contributed by atoms with Crippen molar-refractivity contribution in [2.45, 2.75) is 75.7 Å². The number of aliphatic hydroxyl groups is 1. The number of carbonyl (C=O) groups is 2. The Bertz CT molecular complexity index is 1660. The summed E-state index contributed by atoms with van der Waals surface area (Å²) < 4.78 is 151. The predicted octanol–water partition coefficient (Wildman–Crippen LogP) is 5.61. The fourth-order valence-electron chi connectivity index (χ4n) is 5.33. The Labute approximate surface area is 269 Å². The molecule has 2 heterocycles. The minimum absolute atomic E-state index is 0.0141. The third-order valence-corrected chi connectivity index (χ3v) is 7.87. The second-order valence-electron chi connectivity index (χ2n) is 11.4. The number of hydrogen-bond acceptors (Lipinski definition) is 6. The van der Waals surface area contributed by atoms with Crippen molar-refractivity contribution in [3.8, 4) is 5.88 Å². The van der Waals surface area contributed by atoms with E-state index in [1.807, 2.05) is 0 Å². The molecule has 0 spiro atoms. The highest BCUT2D eigenvalue weighted by atomic mass is 19.4. The number of nitrogens with zero attached hydrogens (tertiary/aromatic N) is 3. The number of alkyl halides is 11. The molecule has 2 amide bonds. The summed E-state index contributed by atoms with van der Waals surface area (Å²) in [5.41, 5.74) is -2.22. The van der Waals surface area contributed by atoms with E-state index in [2.05, 4.69) is 15.3 Å². The van der Waals surface area contributed by atoms with E-state index in [0.29, 0.717) is 6.07 Å². The van der Waals surface area contributed by atoms with Crippen molar-refractivity contribution in [3.05, 3.63) is 52.3 Å². The molecule has 1 saturated carbocycles. The lowest BCUT2D eigenvalue weighted by Gasteiger charge is -2.30. The second-order valence-corrected chi connectivity index (χ2v) is 11.4. The number of fused-ring (bicyclic) bond motifs is 1. The Morgan fingerprint density at radius 3 is 2.22 bits per heavy atom. The van der Waals surface area contributed by atoms with E-state index in [9.17, 15) is 57.9 Å². The lowest BCUT2D eigenvalue weighted by molar-refractivity contribution is -0.205. The molecule has 20 heteroatoms. The fraction of sp³-hybridized carbons (Fsp3) is 0.517. The van der Waals surface area contributed by atoms with Crippen molar-refractivity contribution in [1.29, 1.82) is 0 Å². The molecule has 0 bridgehead atoms. The van der Waals surface area contributed by atoms with Gasteiger partial charge in [-0.3, -0.25) is 9.59 Å². The molecule has 1 fully saturated rings. The Morgan fingerprint density at radius 1 is 1.00 bits per heavy atom. The Balaban J connectivity index is 1.63. The summed E-state index contributed by atoms with van der Waals surface area (Å²) in [6.45, 7) is -1.87. The zero-order valence-corrected chi connectivity index (χ0v) is 25.2. The van der Waals surface area contributed by atoms with Crippen LogP contribution in [0.3, 0.4) is 0 Å². The molecular formula is C29H28F11N5O4. The number of halogens is 11. The summed E-state index contributed by atoms with van der Waals surface area (Å²) >= 11 is 0. The third-order valence-electron chi connectivity index (χ3n) is 7.87. The smallest absolute Gasteiger partial charge is 0.423 e. The topological polar surface area (TPSA) is 118 Å². The zero-order valence-electron chi connectivity index (χ0n) is 25.2. The monoisotopic (exact) mass is 719 g/mol. The summed E-state index contributed by atoms with van der Waals surface area (Å²) in [4.78, 5) is 33.2. The number of aliphatic hydroxyl groups excluding tert-OH is 1. The van der Waals surface area contributed by atoms with Gasteiger partial charge in [-0.05, 0) is 48.9 Å². The van der Waals surface area contributed by atoms with Gasteiger partial charge in [0.25, 0.3) is 18.2 Å². The van der Waals surface area contributed by atoms with E-state index >= 15 is 0 Å². The van der Waals surface area contributed by atoms with Crippen LogP contribution in [-0.4, -0.2) is 69.0 Å². The van der Waals surface area contributed by atoms with Gasteiger partial charge in [-0.2, -0.15) is 44.5 Å². The van der Waals surface area contributed by atoms with Crippen molar-refractivity contribution in [2.24, 2.45) is 13.0 Å². The minimum atomic E-state index is -5.27. The van der Waals surface area contributed by atoms with Crippen molar-refractivity contribution in [1.82, 2.24) is 25.2 Å². The van der Waals surface area contributed by atoms with Gasteiger partial charge in [-0.15, -0.1) is 0 Å². The lowest BCUT2D eigenvalue weighted by atomic mass is 9.85. The molecule has 3 aromatic rings. The van der Waals surface area contributed by atoms with Crippen LogP contribution in [-0.2, 0) is 31.0 Å². The number of rotatable bonds is 10. The first-order chi connectivity index (χ1) is 22.6. The highest BCUT2D eigenvalue weighted by Gasteiger charge is 2.44. The molecule has 0 aliphatic heterocycles. The van der Waals surface area contributed by atoms with Crippen LogP contribution < -0.4 is 15.4 Å². The number of hydrogen-bond donors (Lipinski definition) is 3. The molecule has 3 N–H and O–H groups in total. The summed E-state index contributed by atoms with van der Waals surface area (Å²) in [6.07, 6.45) is -22.0. The number of aromatic nitrogens is 3. The van der Waals surface area contributed by atoms with Gasteiger partial charge in [0.2, 0.25) is 12.0 Å². The van der Waals surface area contributed by atoms with Gasteiger partial charge in [0, 0.05) is 26.1 Å². The number of carbonyl (C=O) groups excluding carboxylic acids is 2. The molecule has 1 atom stereocenters. The van der Waals surface area contributed by atoms with Crippen LogP contribution in [0.1, 0.15) is 58.6 Å². The first kappa shape index (κ1) is 37.6. The van der Waals surface area contributed by atoms with Crippen LogP contribution in [0.15, 0.2) is 24.3 Å². The molecule has 4 rings (SSSR count). The van der Waals surface area contributed by atoms with Gasteiger partial charge < -0.3 is 25.0 Å². The molecule has 1 aliphatic carbocycles. The average Bonchev–Trinajstić information content (AvgIpc) is 3.30. The molecule has 2 aromatic heterocycles. The first-order valence-corrected chi connectivity index (χ1v) is 14.5. The fourth-order valence-corrected chi connectivity index (χ4v) is 5.33. The molecule has 9 nitrogen and oxygen atoms in total. The van der Waals surface area contributed by atoms with E-state index in [1.54, 1.807) is 5.32 Å². The van der Waals surface area contributed by atoms with Crippen molar-refractivity contribution >= 4 is 23.0 Å². The number of imidazole rings is 1. The van der Waals surface area contributed by atoms with Crippen LogP contribution in [0.5, 0.6) is 5.88 Å². The second kappa shape index (κ2) is 14.3. The largest absolute Gasteiger partial charge is 0.471 e. The van der Waals surface area contributed by atoms with Crippen LogP contribution >= 0.6 is 0 Å². The van der Waals surface area contributed by atoms with Crippen LogP contribution in [0, 0.1) is 5.92 Å². The Hall–Kier alpha value is -4.23. The number of benzene rings is 1. The lowest BCUT2D eigenvalue weighted by Crippen LogP contribution is -2.43. The maximum atomic E-state index is 13.9. The third kappa shape index (κ3) is 9.27. The van der Waals surface area contributed by atoms with Gasteiger partial charge in [0.05, 0.1) is 11.5 Å². The number of ether oxygens (including phenoxy) is 1. The molecule has 1 aliphatic rings. The number of aryl methyl sites for hydroxylation is 1. The van der Waals surface area contributed by atoms with Gasteiger partial charge in [-0.1, -0.05) is 12.1 Å². The van der Waals surface area contributed by atoms with E-state index in [-0.39, 0.29) is 48.2 Å². The number of nitrogens with one attached hydrogen (secondary N) is 2. The quantitative estimate of drug-likeness (QED) is 0.235. The molecule has 49 heavy (non-hydrogen) atoms. The van der Waals surface area contributed by atoms with Crippen LogP contribution in [0.2, 0.25) is 0 Å². The highest BCUT2D eigenvalue weighted by molar-refractivity contribution is 5.99. The molecule has 270 valence electrons. The molecule has 0 radical (unpaired) electrons.